The first kappa shape index (κ1) is 16.9. The molecule has 0 bridgehead atoms. The van der Waals surface area contributed by atoms with Crippen LogP contribution >= 0.6 is 0 Å². The molecule has 2 aromatic heterocycles. The third kappa shape index (κ3) is 4.28. The van der Waals surface area contributed by atoms with E-state index in [1.54, 1.807) is 18.2 Å². The quantitative estimate of drug-likeness (QED) is 0.792. The zero-order valence-electron chi connectivity index (χ0n) is 13.1. The smallest absolute Gasteiger partial charge is 0.310 e. The van der Waals surface area contributed by atoms with Gasteiger partial charge in [-0.3, -0.25) is 4.79 Å². The summed E-state index contributed by atoms with van der Waals surface area (Å²) in [6, 6.07) is 6.26. The van der Waals surface area contributed by atoms with Gasteiger partial charge >= 0.3 is 10.1 Å². The SMILES string of the molecule is CCS(=O)(=O)Oc1cc(C(=O)NC(C)C)nn1-c1ccccn1. The van der Waals surface area contributed by atoms with Gasteiger partial charge in [0.25, 0.3) is 5.91 Å². The van der Waals surface area contributed by atoms with Crippen LogP contribution in [0.2, 0.25) is 0 Å². The van der Waals surface area contributed by atoms with Crippen molar-refractivity contribution < 1.29 is 17.4 Å². The van der Waals surface area contributed by atoms with Crippen LogP contribution in [0.5, 0.6) is 5.88 Å². The Hall–Kier alpha value is -2.42. The molecule has 0 saturated heterocycles. The van der Waals surface area contributed by atoms with Gasteiger partial charge in [0.2, 0.25) is 5.88 Å². The van der Waals surface area contributed by atoms with Crippen molar-refractivity contribution in [3.8, 4) is 11.7 Å². The summed E-state index contributed by atoms with van der Waals surface area (Å²) in [5.41, 5.74) is 0.0469. The lowest BCUT2D eigenvalue weighted by atomic mass is 10.3. The topological polar surface area (TPSA) is 103 Å². The summed E-state index contributed by atoms with van der Waals surface area (Å²) in [6.45, 7) is 5.09. The molecule has 0 spiro atoms. The molecule has 0 atom stereocenters. The van der Waals surface area contributed by atoms with Gasteiger partial charge in [0.15, 0.2) is 11.5 Å². The molecule has 0 radical (unpaired) electrons. The lowest BCUT2D eigenvalue weighted by Gasteiger charge is -2.07. The van der Waals surface area contributed by atoms with E-state index in [1.165, 1.54) is 23.9 Å². The van der Waals surface area contributed by atoms with Crippen LogP contribution in [0.25, 0.3) is 5.82 Å². The number of nitrogens with one attached hydrogen (secondary N) is 1. The first-order chi connectivity index (χ1) is 10.8. The summed E-state index contributed by atoms with van der Waals surface area (Å²) < 4.78 is 29.7. The number of hydrogen-bond acceptors (Lipinski definition) is 6. The molecule has 0 fully saturated rings. The van der Waals surface area contributed by atoms with Crippen molar-refractivity contribution in [1.82, 2.24) is 20.1 Å². The maximum atomic E-state index is 12.1. The number of carbonyl (C=O) groups excluding carboxylic acids is 1. The van der Waals surface area contributed by atoms with Gasteiger partial charge in [0.1, 0.15) is 0 Å². The van der Waals surface area contributed by atoms with Crippen molar-refractivity contribution in [3.63, 3.8) is 0 Å². The van der Waals surface area contributed by atoms with Crippen LogP contribution in [-0.2, 0) is 10.1 Å². The molecule has 0 saturated carbocycles. The highest BCUT2D eigenvalue weighted by atomic mass is 32.2. The van der Waals surface area contributed by atoms with E-state index in [9.17, 15) is 13.2 Å². The Kier molecular flexibility index (Phi) is 4.99. The molecule has 0 unspecified atom stereocenters. The highest BCUT2D eigenvalue weighted by Crippen LogP contribution is 2.20. The van der Waals surface area contributed by atoms with E-state index in [-0.39, 0.29) is 23.4 Å². The molecule has 0 aliphatic carbocycles. The molecule has 2 rings (SSSR count). The molecule has 2 aromatic rings. The zero-order valence-corrected chi connectivity index (χ0v) is 13.9. The van der Waals surface area contributed by atoms with E-state index in [4.69, 9.17) is 4.18 Å². The monoisotopic (exact) mass is 338 g/mol. The highest BCUT2D eigenvalue weighted by Gasteiger charge is 2.21. The Morgan fingerprint density at radius 1 is 1.39 bits per heavy atom. The summed E-state index contributed by atoms with van der Waals surface area (Å²) in [6.07, 6.45) is 1.53. The van der Waals surface area contributed by atoms with Crippen molar-refractivity contribution >= 4 is 16.0 Å². The van der Waals surface area contributed by atoms with Crippen LogP contribution < -0.4 is 9.50 Å². The zero-order chi connectivity index (χ0) is 17.0. The fraction of sp³-hybridized carbons (Fsp3) is 0.357. The van der Waals surface area contributed by atoms with Gasteiger partial charge in [-0.1, -0.05) is 6.07 Å². The molecule has 1 N–H and O–H groups in total. The molecular formula is C14H18N4O4S. The standard InChI is InChI=1S/C14H18N4O4S/c1-4-23(20,21)22-13-9-11(14(19)16-10(2)3)17-18(13)12-7-5-6-8-15-12/h5-10H,4H2,1-3H3,(H,16,19). The number of amides is 1. The van der Waals surface area contributed by atoms with Crippen LogP contribution in [0.3, 0.4) is 0 Å². The first-order valence-electron chi connectivity index (χ1n) is 7.07. The van der Waals surface area contributed by atoms with Crippen molar-refractivity contribution in [1.29, 1.82) is 0 Å². The number of hydrogen-bond donors (Lipinski definition) is 1. The van der Waals surface area contributed by atoms with Gasteiger partial charge in [-0.25, -0.2) is 4.98 Å². The highest BCUT2D eigenvalue weighted by molar-refractivity contribution is 7.87. The second-order valence-corrected chi connectivity index (χ2v) is 6.88. The minimum absolute atomic E-state index is 0.0469. The van der Waals surface area contributed by atoms with Crippen molar-refractivity contribution in [3.05, 3.63) is 36.2 Å². The predicted octanol–water partition coefficient (Wildman–Crippen LogP) is 1.13. The van der Waals surface area contributed by atoms with Gasteiger partial charge in [-0.2, -0.15) is 18.2 Å². The van der Waals surface area contributed by atoms with Gasteiger partial charge < -0.3 is 9.50 Å². The van der Waals surface area contributed by atoms with Gasteiger partial charge in [0, 0.05) is 18.3 Å². The van der Waals surface area contributed by atoms with E-state index >= 15 is 0 Å². The van der Waals surface area contributed by atoms with Gasteiger partial charge in [0.05, 0.1) is 5.75 Å². The molecule has 2 heterocycles. The molecule has 0 aliphatic heterocycles. The van der Waals surface area contributed by atoms with Crippen molar-refractivity contribution in [2.75, 3.05) is 5.75 Å². The lowest BCUT2D eigenvalue weighted by Crippen LogP contribution is -2.30. The molecular weight excluding hydrogens is 320 g/mol. The third-order valence-electron chi connectivity index (χ3n) is 2.76. The van der Waals surface area contributed by atoms with E-state index in [1.807, 2.05) is 13.8 Å². The summed E-state index contributed by atoms with van der Waals surface area (Å²) in [5.74, 6) is -0.362. The minimum Gasteiger partial charge on any atom is -0.361 e. The molecule has 0 aliphatic rings. The van der Waals surface area contributed by atoms with Crippen LogP contribution in [-0.4, -0.2) is 40.9 Å². The second-order valence-electron chi connectivity index (χ2n) is 5.03. The Balaban J connectivity index is 2.46. The normalized spacial score (nSPS) is 11.5. The number of rotatable bonds is 6. The largest absolute Gasteiger partial charge is 0.361 e. The summed E-state index contributed by atoms with van der Waals surface area (Å²) >= 11 is 0. The van der Waals surface area contributed by atoms with Crippen LogP contribution in [0, 0.1) is 0 Å². The maximum absolute atomic E-state index is 12.1. The van der Waals surface area contributed by atoms with Crippen LogP contribution in [0.1, 0.15) is 31.3 Å². The fourth-order valence-electron chi connectivity index (χ4n) is 1.70. The molecule has 0 aromatic carbocycles. The Morgan fingerprint density at radius 3 is 2.70 bits per heavy atom. The van der Waals surface area contributed by atoms with E-state index in [0.29, 0.717) is 5.82 Å². The lowest BCUT2D eigenvalue weighted by molar-refractivity contribution is 0.0937. The van der Waals surface area contributed by atoms with E-state index < -0.39 is 16.0 Å². The Bertz CT molecular complexity index is 784. The van der Waals surface area contributed by atoms with Gasteiger partial charge in [-0.05, 0) is 32.9 Å². The first-order valence-corrected chi connectivity index (χ1v) is 8.64. The summed E-state index contributed by atoms with van der Waals surface area (Å²) in [4.78, 5) is 16.2. The Labute approximate surface area is 134 Å². The molecule has 124 valence electrons. The molecule has 23 heavy (non-hydrogen) atoms. The maximum Gasteiger partial charge on any atom is 0.310 e. The van der Waals surface area contributed by atoms with Crippen LogP contribution in [0.15, 0.2) is 30.5 Å². The number of pyridine rings is 1. The fourth-order valence-corrected chi connectivity index (χ4v) is 2.20. The summed E-state index contributed by atoms with van der Waals surface area (Å²) in [7, 11) is -3.76. The predicted molar refractivity (Wildman–Crippen MR) is 84.1 cm³/mol. The van der Waals surface area contributed by atoms with Crippen molar-refractivity contribution in [2.45, 2.75) is 26.8 Å². The van der Waals surface area contributed by atoms with E-state index in [2.05, 4.69) is 15.4 Å². The van der Waals surface area contributed by atoms with E-state index in [0.717, 1.165) is 0 Å². The number of aromatic nitrogens is 3. The molecule has 8 nitrogen and oxygen atoms in total. The summed E-state index contributed by atoms with van der Waals surface area (Å²) in [5, 5.41) is 6.79. The average Bonchev–Trinajstić information content (AvgIpc) is 2.91. The third-order valence-corrected chi connectivity index (χ3v) is 3.89. The molecule has 1 amide bonds. The molecule has 9 heteroatoms. The number of nitrogens with zero attached hydrogens (tertiary/aromatic N) is 3. The average molecular weight is 338 g/mol. The second kappa shape index (κ2) is 6.78. The van der Waals surface area contributed by atoms with Crippen molar-refractivity contribution in [2.24, 2.45) is 0 Å². The van der Waals surface area contributed by atoms with Crippen LogP contribution in [0.4, 0.5) is 0 Å². The Morgan fingerprint density at radius 2 is 2.13 bits per heavy atom. The number of carbonyl (C=O) groups is 1. The minimum atomic E-state index is -3.76. The van der Waals surface area contributed by atoms with Gasteiger partial charge in [-0.15, -0.1) is 0 Å².